The lowest BCUT2D eigenvalue weighted by Gasteiger charge is -2.42. The van der Waals surface area contributed by atoms with Crippen LogP contribution >= 0.6 is 11.6 Å². The van der Waals surface area contributed by atoms with Gasteiger partial charge in [-0.25, -0.2) is 13.1 Å². The number of nitrogens with zero attached hydrogens (tertiary/aromatic N) is 1. The zero-order valence-electron chi connectivity index (χ0n) is 11.4. The molecule has 1 aromatic rings. The molecule has 0 heterocycles. The monoisotopic (exact) mass is 329 g/mol. The van der Waals surface area contributed by atoms with E-state index in [0.29, 0.717) is 18.6 Å². The molecular weight excluding hydrogens is 314 g/mol. The van der Waals surface area contributed by atoms with Crippen LogP contribution in [0, 0.1) is 11.3 Å². The van der Waals surface area contributed by atoms with Crippen LogP contribution in [0.2, 0.25) is 5.02 Å². The number of halogens is 1. The number of ether oxygens (including phenoxy) is 1. The first-order valence-electron chi connectivity index (χ1n) is 6.48. The number of hydrogen-bond donors (Lipinski definition) is 2. The summed E-state index contributed by atoms with van der Waals surface area (Å²) in [6, 6.07) is 5.18. The number of rotatable bonds is 5. The van der Waals surface area contributed by atoms with Gasteiger partial charge >= 0.3 is 0 Å². The van der Waals surface area contributed by atoms with Gasteiger partial charge in [0.2, 0.25) is 10.0 Å². The fourth-order valence-corrected chi connectivity index (χ4v) is 4.08. The molecule has 1 aliphatic carbocycles. The van der Waals surface area contributed by atoms with Crippen LogP contribution in [0.1, 0.15) is 18.9 Å². The Bertz CT molecular complexity index is 670. The van der Waals surface area contributed by atoms with Gasteiger partial charge in [0.1, 0.15) is 4.90 Å². The number of sulfonamides is 1. The molecule has 0 radical (unpaired) electrons. The fraction of sp³-hybridized carbons (Fsp3) is 0.462. The highest BCUT2D eigenvalue weighted by molar-refractivity contribution is 7.89. The minimum Gasteiger partial charge on any atom is -0.377 e. The van der Waals surface area contributed by atoms with Gasteiger partial charge in [-0.1, -0.05) is 11.6 Å². The third-order valence-corrected chi connectivity index (χ3v) is 5.33. The number of nitriles is 1. The molecule has 3 atom stereocenters. The first-order valence-corrected chi connectivity index (χ1v) is 8.34. The second kappa shape index (κ2) is 6.30. The molecule has 0 bridgehead atoms. The zero-order valence-corrected chi connectivity index (χ0v) is 13.0. The van der Waals surface area contributed by atoms with Gasteiger partial charge in [0, 0.05) is 12.6 Å². The summed E-state index contributed by atoms with van der Waals surface area (Å²) in [7, 11) is -3.81. The fourth-order valence-electron chi connectivity index (χ4n) is 2.22. The minimum atomic E-state index is -3.81. The first kappa shape index (κ1) is 16.2. The van der Waals surface area contributed by atoms with Crippen molar-refractivity contribution in [1.29, 1.82) is 5.26 Å². The summed E-state index contributed by atoms with van der Waals surface area (Å²) in [5.41, 5.74) is 6.13. The van der Waals surface area contributed by atoms with E-state index in [4.69, 9.17) is 27.3 Å². The van der Waals surface area contributed by atoms with Gasteiger partial charge in [-0.3, -0.25) is 0 Å². The summed E-state index contributed by atoms with van der Waals surface area (Å²) in [6.45, 7) is 2.33. The van der Waals surface area contributed by atoms with Crippen molar-refractivity contribution < 1.29 is 13.2 Å². The van der Waals surface area contributed by atoms with Crippen molar-refractivity contribution in [1.82, 2.24) is 4.72 Å². The van der Waals surface area contributed by atoms with Crippen LogP contribution in [0.5, 0.6) is 0 Å². The maximum atomic E-state index is 12.4. The van der Waals surface area contributed by atoms with E-state index in [1.54, 1.807) is 0 Å². The Balaban J connectivity index is 2.21. The van der Waals surface area contributed by atoms with Gasteiger partial charge in [-0.2, -0.15) is 5.26 Å². The largest absolute Gasteiger partial charge is 0.377 e. The van der Waals surface area contributed by atoms with Crippen molar-refractivity contribution >= 4 is 21.6 Å². The predicted octanol–water partition coefficient (Wildman–Crippen LogP) is 0.995. The van der Waals surface area contributed by atoms with Crippen LogP contribution in [0.3, 0.4) is 0 Å². The second-order valence-electron chi connectivity index (χ2n) is 4.80. The molecule has 8 heteroatoms. The molecule has 6 nitrogen and oxygen atoms in total. The summed E-state index contributed by atoms with van der Waals surface area (Å²) in [5, 5.41) is 8.77. The standard InChI is InChI=1S/C13H16ClN3O3S/c1-2-20-11-6-10(16)13(11)17-21(18,19)12-4-3-8(7-15)5-9(12)14/h3-5,10-11,13,17H,2,6,16H2,1H3. The SMILES string of the molecule is CCOC1CC(N)C1NS(=O)(=O)c1ccc(C#N)cc1Cl. The van der Waals surface area contributed by atoms with E-state index in [1.807, 2.05) is 13.0 Å². The average Bonchev–Trinajstić information content (AvgIpc) is 2.44. The van der Waals surface area contributed by atoms with Crippen molar-refractivity contribution in [2.24, 2.45) is 5.73 Å². The van der Waals surface area contributed by atoms with Crippen molar-refractivity contribution in [3.05, 3.63) is 28.8 Å². The van der Waals surface area contributed by atoms with Crippen molar-refractivity contribution in [3.63, 3.8) is 0 Å². The number of benzene rings is 1. The second-order valence-corrected chi connectivity index (χ2v) is 6.89. The van der Waals surface area contributed by atoms with Gasteiger partial charge in [0.15, 0.2) is 0 Å². The van der Waals surface area contributed by atoms with E-state index in [0.717, 1.165) is 0 Å². The molecule has 1 aromatic carbocycles. The van der Waals surface area contributed by atoms with Gasteiger partial charge in [-0.05, 0) is 31.5 Å². The molecular formula is C13H16ClN3O3S. The Morgan fingerprint density at radius 2 is 2.29 bits per heavy atom. The summed E-state index contributed by atoms with van der Waals surface area (Å²) < 4.78 is 32.7. The van der Waals surface area contributed by atoms with Crippen LogP contribution in [-0.2, 0) is 14.8 Å². The van der Waals surface area contributed by atoms with Crippen LogP contribution < -0.4 is 10.5 Å². The van der Waals surface area contributed by atoms with Crippen LogP contribution in [-0.4, -0.2) is 33.2 Å². The predicted molar refractivity (Wildman–Crippen MR) is 78.3 cm³/mol. The van der Waals surface area contributed by atoms with Gasteiger partial charge in [0.05, 0.1) is 28.8 Å². The number of nitrogens with one attached hydrogen (secondary N) is 1. The van der Waals surface area contributed by atoms with Crippen molar-refractivity contribution in [3.8, 4) is 6.07 Å². The minimum absolute atomic E-state index is 0.00223. The molecule has 0 aromatic heterocycles. The van der Waals surface area contributed by atoms with Gasteiger partial charge in [-0.15, -0.1) is 0 Å². The molecule has 114 valence electrons. The summed E-state index contributed by atoms with van der Waals surface area (Å²) in [4.78, 5) is -0.0717. The van der Waals surface area contributed by atoms with E-state index in [-0.39, 0.29) is 22.1 Å². The normalized spacial score (nSPS) is 25.1. The quantitative estimate of drug-likeness (QED) is 0.838. The highest BCUT2D eigenvalue weighted by atomic mass is 35.5. The summed E-state index contributed by atoms with van der Waals surface area (Å²) >= 11 is 5.94. The number of nitrogens with two attached hydrogens (primary N) is 1. The third-order valence-electron chi connectivity index (χ3n) is 3.39. The molecule has 1 fully saturated rings. The smallest absolute Gasteiger partial charge is 0.242 e. The molecule has 0 saturated heterocycles. The lowest BCUT2D eigenvalue weighted by molar-refractivity contribution is -0.0248. The highest BCUT2D eigenvalue weighted by Gasteiger charge is 2.42. The summed E-state index contributed by atoms with van der Waals surface area (Å²) in [5.74, 6) is 0. The maximum Gasteiger partial charge on any atom is 0.242 e. The molecule has 1 aliphatic rings. The van der Waals surface area contributed by atoms with E-state index in [2.05, 4.69) is 4.72 Å². The Kier molecular flexibility index (Phi) is 4.86. The molecule has 21 heavy (non-hydrogen) atoms. The lowest BCUT2D eigenvalue weighted by Crippen LogP contribution is -2.64. The van der Waals surface area contributed by atoms with E-state index in [9.17, 15) is 8.42 Å². The van der Waals surface area contributed by atoms with Crippen LogP contribution in [0.25, 0.3) is 0 Å². The topological polar surface area (TPSA) is 105 Å². The summed E-state index contributed by atoms with van der Waals surface area (Å²) in [6.07, 6.45) is 0.388. The average molecular weight is 330 g/mol. The van der Waals surface area contributed by atoms with Gasteiger partial charge in [0.25, 0.3) is 0 Å². The molecule has 0 amide bonds. The van der Waals surface area contributed by atoms with Gasteiger partial charge < -0.3 is 10.5 Å². The molecule has 2 rings (SSSR count). The van der Waals surface area contributed by atoms with E-state index >= 15 is 0 Å². The van der Waals surface area contributed by atoms with Crippen LogP contribution in [0.15, 0.2) is 23.1 Å². The third kappa shape index (κ3) is 3.36. The molecule has 3 N–H and O–H groups in total. The highest BCUT2D eigenvalue weighted by Crippen LogP contribution is 2.27. The number of hydrogen-bond acceptors (Lipinski definition) is 5. The molecule has 1 saturated carbocycles. The van der Waals surface area contributed by atoms with Crippen molar-refractivity contribution in [2.45, 2.75) is 36.4 Å². The Labute approximate surface area is 128 Å². The first-order chi connectivity index (χ1) is 9.89. The molecule has 3 unspecified atom stereocenters. The lowest BCUT2D eigenvalue weighted by atomic mass is 9.84. The molecule has 0 aliphatic heterocycles. The Morgan fingerprint density at radius 1 is 1.57 bits per heavy atom. The molecule has 0 spiro atoms. The Morgan fingerprint density at radius 3 is 2.81 bits per heavy atom. The van der Waals surface area contributed by atoms with E-state index in [1.165, 1.54) is 18.2 Å². The maximum absolute atomic E-state index is 12.4. The van der Waals surface area contributed by atoms with Crippen molar-refractivity contribution in [2.75, 3.05) is 6.61 Å². The van der Waals surface area contributed by atoms with Crippen LogP contribution in [0.4, 0.5) is 0 Å². The zero-order chi connectivity index (χ0) is 15.6. The van der Waals surface area contributed by atoms with E-state index < -0.39 is 16.1 Å². The Hall–Kier alpha value is -1.17.